The van der Waals surface area contributed by atoms with Gasteiger partial charge in [-0.05, 0) is 35.2 Å². The maximum atomic E-state index is 6.33. The molecule has 118 valence electrons. The summed E-state index contributed by atoms with van der Waals surface area (Å²) in [6, 6.07) is 20.7. The van der Waals surface area contributed by atoms with Crippen LogP contribution in [0.2, 0.25) is 0 Å². The molecular weight excluding hydrogens is 294 g/mol. The third-order valence-electron chi connectivity index (χ3n) is 4.66. The van der Waals surface area contributed by atoms with Crippen molar-refractivity contribution in [2.24, 2.45) is 0 Å². The zero-order valence-corrected chi connectivity index (χ0v) is 13.7. The highest BCUT2D eigenvalue weighted by Crippen LogP contribution is 2.35. The van der Waals surface area contributed by atoms with Crippen LogP contribution in [0.3, 0.4) is 0 Å². The number of hydrogen-bond donors (Lipinski definition) is 2. The molecule has 0 spiro atoms. The average Bonchev–Trinajstić information content (AvgIpc) is 2.62. The number of nitrogens with zero attached hydrogens (tertiary/aromatic N) is 1. The van der Waals surface area contributed by atoms with Crippen LogP contribution in [0.15, 0.2) is 66.9 Å². The number of nitrogen functional groups attached to an aromatic ring is 2. The first-order valence-electron chi connectivity index (χ1n) is 8.19. The van der Waals surface area contributed by atoms with Crippen molar-refractivity contribution in [3.05, 3.63) is 72.4 Å². The first-order valence-corrected chi connectivity index (χ1v) is 8.19. The van der Waals surface area contributed by atoms with Crippen LogP contribution < -0.4 is 16.3 Å². The van der Waals surface area contributed by atoms with E-state index in [1.807, 2.05) is 30.5 Å². The molecule has 0 bridgehead atoms. The molecule has 4 aromatic rings. The van der Waals surface area contributed by atoms with Gasteiger partial charge in [0, 0.05) is 22.5 Å². The summed E-state index contributed by atoms with van der Waals surface area (Å²) in [5.74, 6) is 6.19. The summed E-state index contributed by atoms with van der Waals surface area (Å²) in [6.07, 6.45) is 2.91. The average molecular weight is 314 g/mol. The molecule has 4 rings (SSSR count). The summed E-state index contributed by atoms with van der Waals surface area (Å²) < 4.78 is 1.66. The molecule has 1 aromatic heterocycles. The van der Waals surface area contributed by atoms with Crippen LogP contribution in [0.4, 0.5) is 5.69 Å². The number of fused-ring (bicyclic) bond motifs is 3. The molecule has 4 N–H and O–H groups in total. The first kappa shape index (κ1) is 14.5. The molecule has 3 aromatic carbocycles. The van der Waals surface area contributed by atoms with Crippen molar-refractivity contribution >= 4 is 27.4 Å². The van der Waals surface area contributed by atoms with E-state index in [0.29, 0.717) is 0 Å². The minimum atomic E-state index is 0.761. The quantitative estimate of drug-likeness (QED) is 0.256. The Balaban J connectivity index is 2.21. The van der Waals surface area contributed by atoms with Crippen LogP contribution in [-0.4, -0.2) is 0 Å². The highest BCUT2D eigenvalue weighted by molar-refractivity contribution is 6.12. The second-order valence-corrected chi connectivity index (χ2v) is 6.05. The number of benzene rings is 3. The lowest BCUT2D eigenvalue weighted by molar-refractivity contribution is -0.609. The van der Waals surface area contributed by atoms with E-state index in [9.17, 15) is 0 Å². The fraction of sp³-hybridized carbons (Fsp3) is 0.0952. The minimum Gasteiger partial charge on any atom is -0.398 e. The molecule has 3 nitrogen and oxygen atoms in total. The number of anilines is 1. The third-order valence-corrected chi connectivity index (χ3v) is 4.66. The van der Waals surface area contributed by atoms with E-state index in [0.717, 1.165) is 28.4 Å². The van der Waals surface area contributed by atoms with Crippen molar-refractivity contribution in [1.82, 2.24) is 0 Å². The Morgan fingerprint density at radius 1 is 0.875 bits per heavy atom. The van der Waals surface area contributed by atoms with Gasteiger partial charge in [-0.3, -0.25) is 0 Å². The second-order valence-electron chi connectivity index (χ2n) is 6.05. The second kappa shape index (κ2) is 5.53. The summed E-state index contributed by atoms with van der Waals surface area (Å²) in [5, 5.41) is 3.35. The maximum absolute atomic E-state index is 6.33. The fourth-order valence-corrected chi connectivity index (χ4v) is 3.59. The largest absolute Gasteiger partial charge is 0.398 e. The van der Waals surface area contributed by atoms with Crippen molar-refractivity contribution in [3.8, 4) is 11.1 Å². The molecule has 3 heteroatoms. The minimum absolute atomic E-state index is 0.761. The van der Waals surface area contributed by atoms with E-state index >= 15 is 0 Å². The molecule has 0 aliphatic heterocycles. The Morgan fingerprint density at radius 2 is 1.67 bits per heavy atom. The van der Waals surface area contributed by atoms with Crippen LogP contribution >= 0.6 is 0 Å². The molecular formula is C21H20N3+. The standard InChI is InChI=1S/C21H19N3/c1-2-16-17(14-7-4-3-5-8-14)12-11-15-13-24(23)19-10-6-9-18(22)21(19)20(15)16/h3-13,22H,2,23H2,1H3/p+1. The van der Waals surface area contributed by atoms with E-state index in [1.165, 1.54) is 22.1 Å². The molecule has 0 aliphatic carbocycles. The third kappa shape index (κ3) is 2.09. The molecule has 0 amide bonds. The summed E-state index contributed by atoms with van der Waals surface area (Å²) in [4.78, 5) is 0. The van der Waals surface area contributed by atoms with E-state index in [1.54, 1.807) is 4.68 Å². The maximum Gasteiger partial charge on any atom is 0.244 e. The van der Waals surface area contributed by atoms with E-state index < -0.39 is 0 Å². The van der Waals surface area contributed by atoms with Gasteiger partial charge in [0.2, 0.25) is 11.7 Å². The van der Waals surface area contributed by atoms with Crippen molar-refractivity contribution in [2.75, 3.05) is 11.6 Å². The molecule has 24 heavy (non-hydrogen) atoms. The molecule has 0 saturated carbocycles. The monoisotopic (exact) mass is 314 g/mol. The van der Waals surface area contributed by atoms with Gasteiger partial charge in [0.15, 0.2) is 0 Å². The zero-order chi connectivity index (χ0) is 16.7. The number of rotatable bonds is 2. The number of hydrogen-bond acceptors (Lipinski definition) is 2. The van der Waals surface area contributed by atoms with E-state index in [2.05, 4.69) is 43.3 Å². The number of nitrogens with two attached hydrogens (primary N) is 2. The highest BCUT2D eigenvalue weighted by atomic mass is 15.3. The Kier molecular flexibility index (Phi) is 3.35. The Labute approximate surface area is 141 Å². The van der Waals surface area contributed by atoms with Gasteiger partial charge in [0.1, 0.15) is 0 Å². The Morgan fingerprint density at radius 3 is 2.42 bits per heavy atom. The van der Waals surface area contributed by atoms with Crippen molar-refractivity contribution in [1.29, 1.82) is 0 Å². The SMILES string of the molecule is CCc1c(-c2ccccc2)ccc2c[n+](N)c3cccc(N)c3c12. The predicted molar refractivity (Wildman–Crippen MR) is 101 cm³/mol. The first-order chi connectivity index (χ1) is 11.7. The lowest BCUT2D eigenvalue weighted by atomic mass is 9.91. The Hall–Kier alpha value is -3.07. The van der Waals surface area contributed by atoms with E-state index in [4.69, 9.17) is 11.6 Å². The summed E-state index contributed by atoms with van der Waals surface area (Å²) in [6.45, 7) is 2.19. The fourth-order valence-electron chi connectivity index (χ4n) is 3.59. The summed E-state index contributed by atoms with van der Waals surface area (Å²) in [5.41, 5.74) is 11.8. The van der Waals surface area contributed by atoms with Crippen molar-refractivity contribution < 1.29 is 4.68 Å². The summed E-state index contributed by atoms with van der Waals surface area (Å²) in [7, 11) is 0. The molecule has 0 aliphatic rings. The van der Waals surface area contributed by atoms with Gasteiger partial charge in [0.25, 0.3) is 0 Å². The van der Waals surface area contributed by atoms with Crippen LogP contribution in [0, 0.1) is 0 Å². The molecule has 1 heterocycles. The molecule has 0 atom stereocenters. The van der Waals surface area contributed by atoms with Gasteiger partial charge in [-0.25, -0.2) is 5.84 Å². The lowest BCUT2D eigenvalue weighted by Gasteiger charge is -2.14. The van der Waals surface area contributed by atoms with Gasteiger partial charge in [0.05, 0.1) is 5.39 Å². The number of aryl methyl sites for hydroxylation is 1. The van der Waals surface area contributed by atoms with E-state index in [-0.39, 0.29) is 0 Å². The van der Waals surface area contributed by atoms with Crippen LogP contribution in [-0.2, 0) is 6.42 Å². The van der Waals surface area contributed by atoms with Gasteiger partial charge in [-0.15, -0.1) is 0 Å². The highest BCUT2D eigenvalue weighted by Gasteiger charge is 2.18. The summed E-state index contributed by atoms with van der Waals surface area (Å²) >= 11 is 0. The van der Waals surface area contributed by atoms with Gasteiger partial charge in [-0.2, -0.15) is 0 Å². The molecule has 0 radical (unpaired) electrons. The van der Waals surface area contributed by atoms with Crippen LogP contribution in [0.25, 0.3) is 32.8 Å². The van der Waals surface area contributed by atoms with Gasteiger partial charge >= 0.3 is 0 Å². The zero-order valence-electron chi connectivity index (χ0n) is 13.7. The van der Waals surface area contributed by atoms with Gasteiger partial charge in [-0.1, -0.05) is 54.1 Å². The smallest absolute Gasteiger partial charge is 0.244 e. The lowest BCUT2D eigenvalue weighted by Crippen LogP contribution is -2.44. The normalized spacial score (nSPS) is 11.2. The van der Waals surface area contributed by atoms with Crippen molar-refractivity contribution in [2.45, 2.75) is 13.3 Å². The predicted octanol–water partition coefficient (Wildman–Crippen LogP) is 3.81. The molecule has 0 saturated heterocycles. The number of pyridine rings is 1. The van der Waals surface area contributed by atoms with Crippen LogP contribution in [0.5, 0.6) is 0 Å². The molecule has 0 fully saturated rings. The Bertz CT molecular complexity index is 1050. The molecule has 0 unspecified atom stereocenters. The number of aromatic nitrogens is 1. The van der Waals surface area contributed by atoms with Crippen LogP contribution in [0.1, 0.15) is 12.5 Å². The van der Waals surface area contributed by atoms with Gasteiger partial charge < -0.3 is 5.73 Å². The topological polar surface area (TPSA) is 55.9 Å². The van der Waals surface area contributed by atoms with Crippen molar-refractivity contribution in [3.63, 3.8) is 0 Å².